The average molecular weight is 519 g/mol. The SMILES string of the molecule is COc1cc(C=Cc2ccc([N+](=O)[O-])cc2[N+](=O)[O-])ccc1OC(=O)COc1cc(Cl)ccc1Cl. The predicted octanol–water partition coefficient (Wildman–Crippen LogP) is 5.97. The third-order valence-corrected chi connectivity index (χ3v) is 5.07. The van der Waals surface area contributed by atoms with E-state index in [-0.39, 0.29) is 33.5 Å². The Morgan fingerprint density at radius 1 is 0.914 bits per heavy atom. The molecule has 0 aliphatic heterocycles. The van der Waals surface area contributed by atoms with Crippen LogP contribution in [0.5, 0.6) is 17.2 Å². The topological polar surface area (TPSA) is 131 Å². The lowest BCUT2D eigenvalue weighted by atomic mass is 10.1. The van der Waals surface area contributed by atoms with Crippen molar-refractivity contribution in [3.63, 3.8) is 0 Å². The van der Waals surface area contributed by atoms with Crippen LogP contribution in [0.15, 0.2) is 54.6 Å². The Labute approximate surface area is 208 Å². The molecule has 0 fully saturated rings. The van der Waals surface area contributed by atoms with Crippen LogP contribution in [0.1, 0.15) is 11.1 Å². The molecular formula is C23H16Cl2N2O8. The van der Waals surface area contributed by atoms with Crippen molar-refractivity contribution in [2.45, 2.75) is 0 Å². The smallest absolute Gasteiger partial charge is 0.349 e. The number of halogens is 2. The maximum absolute atomic E-state index is 12.2. The molecule has 0 saturated heterocycles. The van der Waals surface area contributed by atoms with E-state index < -0.39 is 28.1 Å². The van der Waals surface area contributed by atoms with Crippen molar-refractivity contribution in [3.8, 4) is 17.2 Å². The van der Waals surface area contributed by atoms with Gasteiger partial charge in [0.05, 0.1) is 33.6 Å². The molecule has 0 N–H and O–H groups in total. The van der Waals surface area contributed by atoms with Crippen LogP contribution in [-0.2, 0) is 4.79 Å². The summed E-state index contributed by atoms with van der Waals surface area (Å²) in [6.45, 7) is -0.436. The minimum atomic E-state index is -0.718. The van der Waals surface area contributed by atoms with E-state index in [1.54, 1.807) is 24.3 Å². The average Bonchev–Trinajstić information content (AvgIpc) is 2.83. The quantitative estimate of drug-likeness (QED) is 0.111. The highest BCUT2D eigenvalue weighted by Crippen LogP contribution is 2.31. The maximum atomic E-state index is 12.2. The number of methoxy groups -OCH3 is 1. The molecule has 3 aromatic rings. The molecule has 0 aliphatic rings. The first-order valence-corrected chi connectivity index (χ1v) is 10.5. The Kier molecular flexibility index (Phi) is 8.24. The van der Waals surface area contributed by atoms with Crippen molar-refractivity contribution < 1.29 is 28.9 Å². The lowest BCUT2D eigenvalue weighted by Crippen LogP contribution is -2.18. The molecule has 0 heterocycles. The number of ether oxygens (including phenoxy) is 3. The third-order valence-electron chi connectivity index (χ3n) is 4.53. The number of non-ortho nitro benzene ring substituents is 1. The second-order valence-corrected chi connectivity index (χ2v) is 7.68. The molecule has 180 valence electrons. The summed E-state index contributed by atoms with van der Waals surface area (Å²) < 4.78 is 15.9. The van der Waals surface area contributed by atoms with Gasteiger partial charge < -0.3 is 14.2 Å². The van der Waals surface area contributed by atoms with Crippen molar-refractivity contribution in [1.82, 2.24) is 0 Å². The van der Waals surface area contributed by atoms with Gasteiger partial charge in [0, 0.05) is 17.2 Å². The third kappa shape index (κ3) is 6.69. The zero-order valence-electron chi connectivity index (χ0n) is 18.0. The number of esters is 1. The molecular weight excluding hydrogens is 503 g/mol. The molecule has 0 saturated carbocycles. The lowest BCUT2D eigenvalue weighted by molar-refractivity contribution is -0.394. The van der Waals surface area contributed by atoms with E-state index >= 15 is 0 Å². The Balaban J connectivity index is 1.73. The standard InChI is InChI=1S/C23H16Cl2N2O8/c1-33-22-10-14(2-4-15-5-7-17(26(29)30)12-19(15)27(31)32)3-9-20(22)35-23(28)13-34-21-11-16(24)6-8-18(21)25/h2-12H,13H2,1H3. The summed E-state index contributed by atoms with van der Waals surface area (Å²) in [7, 11) is 1.38. The molecule has 0 aromatic heterocycles. The lowest BCUT2D eigenvalue weighted by Gasteiger charge is -2.11. The Hall–Kier alpha value is -4.15. The minimum Gasteiger partial charge on any atom is -0.493 e. The van der Waals surface area contributed by atoms with Crippen LogP contribution >= 0.6 is 23.2 Å². The summed E-state index contributed by atoms with van der Waals surface area (Å²) in [5.41, 5.74) is -0.0563. The fourth-order valence-electron chi connectivity index (χ4n) is 2.88. The van der Waals surface area contributed by atoms with Crippen LogP contribution in [-0.4, -0.2) is 29.5 Å². The zero-order valence-corrected chi connectivity index (χ0v) is 19.5. The van der Waals surface area contributed by atoms with Gasteiger partial charge in [0.2, 0.25) is 0 Å². The summed E-state index contributed by atoms with van der Waals surface area (Å²) in [5.74, 6) is -0.149. The van der Waals surface area contributed by atoms with Crippen molar-refractivity contribution >= 4 is 52.7 Å². The summed E-state index contributed by atoms with van der Waals surface area (Å²) in [6, 6.07) is 12.5. The number of nitro benzene ring substituents is 2. The summed E-state index contributed by atoms with van der Waals surface area (Å²) >= 11 is 11.9. The Morgan fingerprint density at radius 3 is 2.37 bits per heavy atom. The molecule has 0 atom stereocenters. The first kappa shape index (κ1) is 25.5. The highest BCUT2D eigenvalue weighted by Gasteiger charge is 2.18. The summed E-state index contributed by atoms with van der Waals surface area (Å²) in [5, 5.41) is 22.8. The van der Waals surface area contributed by atoms with Crippen LogP contribution in [0.4, 0.5) is 11.4 Å². The van der Waals surface area contributed by atoms with Gasteiger partial charge in [-0.15, -0.1) is 0 Å². The van der Waals surface area contributed by atoms with Crippen LogP contribution in [0.2, 0.25) is 10.0 Å². The van der Waals surface area contributed by atoms with Gasteiger partial charge in [-0.1, -0.05) is 35.3 Å². The van der Waals surface area contributed by atoms with E-state index in [1.807, 2.05) is 0 Å². The fourth-order valence-corrected chi connectivity index (χ4v) is 3.21. The molecule has 35 heavy (non-hydrogen) atoms. The van der Waals surface area contributed by atoms with Crippen molar-refractivity contribution in [2.24, 2.45) is 0 Å². The van der Waals surface area contributed by atoms with Gasteiger partial charge in [-0.3, -0.25) is 20.2 Å². The van der Waals surface area contributed by atoms with Crippen molar-refractivity contribution in [3.05, 3.63) is 96.0 Å². The van der Waals surface area contributed by atoms with E-state index in [9.17, 15) is 25.0 Å². The number of nitro groups is 2. The van der Waals surface area contributed by atoms with Gasteiger partial charge in [0.1, 0.15) is 5.75 Å². The molecule has 12 heteroatoms. The molecule has 0 spiro atoms. The number of hydrogen-bond donors (Lipinski definition) is 0. The van der Waals surface area contributed by atoms with Gasteiger partial charge in [-0.05, 0) is 42.0 Å². The summed E-state index contributed by atoms with van der Waals surface area (Å²) in [4.78, 5) is 33.0. The molecule has 3 aromatic carbocycles. The highest BCUT2D eigenvalue weighted by atomic mass is 35.5. The van der Waals surface area contributed by atoms with Gasteiger partial charge in [-0.25, -0.2) is 4.79 Å². The highest BCUT2D eigenvalue weighted by molar-refractivity contribution is 6.34. The molecule has 0 aliphatic carbocycles. The zero-order chi connectivity index (χ0) is 25.5. The van der Waals surface area contributed by atoms with Crippen LogP contribution in [0.3, 0.4) is 0 Å². The first-order valence-electron chi connectivity index (χ1n) is 9.75. The number of carbonyl (C=O) groups excluding carboxylic acids is 1. The molecule has 0 bridgehead atoms. The number of rotatable bonds is 9. The number of hydrogen-bond acceptors (Lipinski definition) is 8. The monoisotopic (exact) mass is 518 g/mol. The molecule has 0 radical (unpaired) electrons. The van der Waals surface area contributed by atoms with E-state index in [2.05, 4.69) is 0 Å². The molecule has 3 rings (SSSR count). The second kappa shape index (κ2) is 11.3. The minimum absolute atomic E-state index is 0.122. The molecule has 0 unspecified atom stereocenters. The Morgan fingerprint density at radius 2 is 1.69 bits per heavy atom. The molecule has 10 nitrogen and oxygen atoms in total. The first-order chi connectivity index (χ1) is 16.7. The van der Waals surface area contributed by atoms with Gasteiger partial charge in [-0.2, -0.15) is 0 Å². The van der Waals surface area contributed by atoms with Crippen LogP contribution in [0.25, 0.3) is 12.2 Å². The van der Waals surface area contributed by atoms with E-state index in [0.29, 0.717) is 10.6 Å². The van der Waals surface area contributed by atoms with Crippen LogP contribution < -0.4 is 14.2 Å². The van der Waals surface area contributed by atoms with Crippen LogP contribution in [0, 0.1) is 20.2 Å². The van der Waals surface area contributed by atoms with E-state index in [0.717, 1.165) is 6.07 Å². The number of benzene rings is 3. The number of carbonyl (C=O) groups is 1. The van der Waals surface area contributed by atoms with E-state index in [4.69, 9.17) is 37.4 Å². The summed E-state index contributed by atoms with van der Waals surface area (Å²) in [6.07, 6.45) is 2.98. The van der Waals surface area contributed by atoms with Crippen molar-refractivity contribution in [1.29, 1.82) is 0 Å². The largest absolute Gasteiger partial charge is 0.493 e. The van der Waals surface area contributed by atoms with Gasteiger partial charge >= 0.3 is 5.97 Å². The Bertz CT molecular complexity index is 1330. The van der Waals surface area contributed by atoms with Gasteiger partial charge in [0.25, 0.3) is 11.4 Å². The maximum Gasteiger partial charge on any atom is 0.349 e. The van der Waals surface area contributed by atoms with E-state index in [1.165, 1.54) is 43.5 Å². The fraction of sp³-hybridized carbons (Fsp3) is 0.0870. The number of nitrogens with zero attached hydrogens (tertiary/aromatic N) is 2. The molecule has 0 amide bonds. The normalized spacial score (nSPS) is 10.7. The van der Waals surface area contributed by atoms with Crippen molar-refractivity contribution in [2.75, 3.05) is 13.7 Å². The van der Waals surface area contributed by atoms with Gasteiger partial charge in [0.15, 0.2) is 18.1 Å². The second-order valence-electron chi connectivity index (χ2n) is 6.84. The predicted molar refractivity (Wildman–Crippen MR) is 129 cm³/mol.